The molecule has 3 rings (SSSR count). The van der Waals surface area contributed by atoms with Gasteiger partial charge in [-0.15, -0.1) is 0 Å². The van der Waals surface area contributed by atoms with Crippen LogP contribution in [0.25, 0.3) is 0 Å². The molecule has 1 aliphatic heterocycles. The van der Waals surface area contributed by atoms with Gasteiger partial charge in [0.15, 0.2) is 9.84 Å². The van der Waals surface area contributed by atoms with Crippen molar-refractivity contribution in [1.29, 1.82) is 0 Å². The third-order valence-electron chi connectivity index (χ3n) is 4.79. The number of benzene rings is 1. The van der Waals surface area contributed by atoms with Crippen LogP contribution in [0.5, 0.6) is 0 Å². The van der Waals surface area contributed by atoms with Gasteiger partial charge in [0.05, 0.1) is 10.6 Å². The molecule has 0 radical (unpaired) electrons. The quantitative estimate of drug-likeness (QED) is 0.852. The van der Waals surface area contributed by atoms with Crippen LogP contribution >= 0.6 is 0 Å². The lowest BCUT2D eigenvalue weighted by atomic mass is 9.95. The number of rotatable bonds is 2. The van der Waals surface area contributed by atoms with Crippen molar-refractivity contribution in [1.82, 2.24) is 5.32 Å². The molecule has 4 heteroatoms. The number of fused-ring (bicyclic) bond motifs is 1. The zero-order chi connectivity index (χ0) is 14.2. The molecule has 1 fully saturated rings. The molecule has 0 spiro atoms. The van der Waals surface area contributed by atoms with Crippen LogP contribution in [-0.4, -0.2) is 20.2 Å². The van der Waals surface area contributed by atoms with Crippen molar-refractivity contribution < 1.29 is 8.42 Å². The van der Waals surface area contributed by atoms with Gasteiger partial charge in [-0.3, -0.25) is 0 Å². The SMILES string of the molecule is CC1CCCCCC1NC1CS(=O)(=O)c2ccccc21. The fraction of sp³-hybridized carbons (Fsp3) is 0.625. The van der Waals surface area contributed by atoms with Gasteiger partial charge in [0.1, 0.15) is 0 Å². The molecule has 0 aromatic heterocycles. The molecule has 1 aromatic rings. The van der Waals surface area contributed by atoms with E-state index in [9.17, 15) is 8.42 Å². The first-order chi connectivity index (χ1) is 9.58. The Balaban J connectivity index is 1.82. The van der Waals surface area contributed by atoms with Gasteiger partial charge in [-0.1, -0.05) is 44.4 Å². The maximum Gasteiger partial charge on any atom is 0.180 e. The Labute approximate surface area is 121 Å². The van der Waals surface area contributed by atoms with E-state index in [1.54, 1.807) is 6.07 Å². The normalized spacial score (nSPS) is 32.5. The summed E-state index contributed by atoms with van der Waals surface area (Å²) in [5.74, 6) is 0.850. The average molecular weight is 293 g/mol. The van der Waals surface area contributed by atoms with Gasteiger partial charge in [-0.05, 0) is 30.4 Å². The zero-order valence-electron chi connectivity index (χ0n) is 12.0. The van der Waals surface area contributed by atoms with Crippen LogP contribution in [0, 0.1) is 5.92 Å². The summed E-state index contributed by atoms with van der Waals surface area (Å²) in [5.41, 5.74) is 0.962. The lowest BCUT2D eigenvalue weighted by Gasteiger charge is -2.26. The molecule has 1 aromatic carbocycles. The van der Waals surface area contributed by atoms with E-state index in [4.69, 9.17) is 0 Å². The Kier molecular flexibility index (Phi) is 3.87. The highest BCUT2D eigenvalue weighted by molar-refractivity contribution is 7.91. The lowest BCUT2D eigenvalue weighted by Crippen LogP contribution is -2.37. The first kappa shape index (κ1) is 14.1. The Morgan fingerprint density at radius 3 is 2.70 bits per heavy atom. The maximum absolute atomic E-state index is 12.2. The fourth-order valence-electron chi connectivity index (χ4n) is 3.59. The van der Waals surface area contributed by atoms with Crippen LogP contribution in [-0.2, 0) is 9.84 Å². The van der Waals surface area contributed by atoms with E-state index in [2.05, 4.69) is 12.2 Å². The zero-order valence-corrected chi connectivity index (χ0v) is 12.8. The van der Waals surface area contributed by atoms with Crippen molar-refractivity contribution in [2.75, 3.05) is 5.75 Å². The molecular weight excluding hydrogens is 270 g/mol. The molecule has 3 unspecified atom stereocenters. The fourth-order valence-corrected chi connectivity index (χ4v) is 5.34. The van der Waals surface area contributed by atoms with Crippen LogP contribution in [0.15, 0.2) is 29.2 Å². The Bertz CT molecular complexity index is 582. The molecule has 1 N–H and O–H groups in total. The van der Waals surface area contributed by atoms with E-state index in [1.165, 1.54) is 32.1 Å². The maximum atomic E-state index is 12.2. The van der Waals surface area contributed by atoms with E-state index < -0.39 is 9.84 Å². The number of hydrogen-bond donors (Lipinski definition) is 1. The van der Waals surface area contributed by atoms with Gasteiger partial charge in [0.25, 0.3) is 0 Å². The molecule has 1 heterocycles. The average Bonchev–Trinajstić information content (AvgIpc) is 2.56. The van der Waals surface area contributed by atoms with E-state index in [0.717, 1.165) is 5.56 Å². The second-order valence-corrected chi connectivity index (χ2v) is 8.26. The summed E-state index contributed by atoms with van der Waals surface area (Å²) in [7, 11) is -3.09. The van der Waals surface area contributed by atoms with Crippen molar-refractivity contribution in [2.24, 2.45) is 5.92 Å². The number of hydrogen-bond acceptors (Lipinski definition) is 3. The van der Waals surface area contributed by atoms with Crippen LogP contribution < -0.4 is 5.32 Å². The summed E-state index contributed by atoms with van der Waals surface area (Å²) >= 11 is 0. The second-order valence-electron chi connectivity index (χ2n) is 6.26. The van der Waals surface area contributed by atoms with Gasteiger partial charge in [-0.25, -0.2) is 8.42 Å². The first-order valence-electron chi connectivity index (χ1n) is 7.65. The second kappa shape index (κ2) is 5.49. The summed E-state index contributed by atoms with van der Waals surface area (Å²) in [6, 6.07) is 7.87. The molecule has 110 valence electrons. The largest absolute Gasteiger partial charge is 0.306 e. The third-order valence-corrected chi connectivity index (χ3v) is 6.61. The van der Waals surface area contributed by atoms with E-state index in [0.29, 0.717) is 16.9 Å². The van der Waals surface area contributed by atoms with Crippen molar-refractivity contribution in [3.63, 3.8) is 0 Å². The first-order valence-corrected chi connectivity index (χ1v) is 9.31. The minimum Gasteiger partial charge on any atom is -0.306 e. The summed E-state index contributed by atoms with van der Waals surface area (Å²) in [6.45, 7) is 2.29. The molecule has 0 bridgehead atoms. The third kappa shape index (κ3) is 2.63. The van der Waals surface area contributed by atoms with Crippen LogP contribution in [0.3, 0.4) is 0 Å². The van der Waals surface area contributed by atoms with Gasteiger partial charge in [0.2, 0.25) is 0 Å². The van der Waals surface area contributed by atoms with Gasteiger partial charge < -0.3 is 5.32 Å². The highest BCUT2D eigenvalue weighted by Gasteiger charge is 2.36. The van der Waals surface area contributed by atoms with Crippen LogP contribution in [0.1, 0.15) is 50.6 Å². The molecule has 1 aliphatic carbocycles. The van der Waals surface area contributed by atoms with Crippen molar-refractivity contribution in [3.05, 3.63) is 29.8 Å². The predicted molar refractivity (Wildman–Crippen MR) is 80.4 cm³/mol. The minimum atomic E-state index is -3.09. The minimum absolute atomic E-state index is 0.0262. The van der Waals surface area contributed by atoms with E-state index >= 15 is 0 Å². The summed E-state index contributed by atoms with van der Waals surface area (Å²) in [6.07, 6.45) is 6.28. The van der Waals surface area contributed by atoms with Crippen LogP contribution in [0.2, 0.25) is 0 Å². The van der Waals surface area contributed by atoms with Crippen molar-refractivity contribution in [3.8, 4) is 0 Å². The van der Waals surface area contributed by atoms with Crippen molar-refractivity contribution >= 4 is 9.84 Å². The predicted octanol–water partition coefficient (Wildman–Crippen LogP) is 3.07. The standard InChI is InChI=1S/C16H23NO2S/c1-12-7-3-2-4-9-14(12)17-15-11-20(18,19)16-10-6-5-8-13(15)16/h5-6,8,10,12,14-15,17H,2-4,7,9,11H2,1H3. The summed E-state index contributed by atoms with van der Waals surface area (Å²) in [5, 5.41) is 3.64. The lowest BCUT2D eigenvalue weighted by molar-refractivity contribution is 0.332. The Morgan fingerprint density at radius 2 is 1.85 bits per heavy atom. The molecule has 1 saturated carbocycles. The monoisotopic (exact) mass is 293 g/mol. The number of nitrogens with one attached hydrogen (secondary N) is 1. The molecular formula is C16H23NO2S. The van der Waals surface area contributed by atoms with E-state index in [1.807, 2.05) is 18.2 Å². The Morgan fingerprint density at radius 1 is 1.10 bits per heavy atom. The van der Waals surface area contributed by atoms with Crippen LogP contribution in [0.4, 0.5) is 0 Å². The number of sulfone groups is 1. The van der Waals surface area contributed by atoms with Gasteiger partial charge in [0, 0.05) is 12.1 Å². The van der Waals surface area contributed by atoms with Gasteiger partial charge in [-0.2, -0.15) is 0 Å². The Hall–Kier alpha value is -0.870. The smallest absolute Gasteiger partial charge is 0.180 e. The summed E-state index contributed by atoms with van der Waals surface area (Å²) < 4.78 is 24.4. The van der Waals surface area contributed by atoms with Gasteiger partial charge >= 0.3 is 0 Å². The highest BCUT2D eigenvalue weighted by atomic mass is 32.2. The molecule has 2 aliphatic rings. The van der Waals surface area contributed by atoms with Crippen molar-refractivity contribution in [2.45, 2.75) is 56.0 Å². The molecule has 0 saturated heterocycles. The molecule has 0 amide bonds. The molecule has 20 heavy (non-hydrogen) atoms. The van der Waals surface area contributed by atoms with E-state index in [-0.39, 0.29) is 11.8 Å². The summed E-state index contributed by atoms with van der Waals surface area (Å²) in [4.78, 5) is 0.527. The topological polar surface area (TPSA) is 46.2 Å². The molecule has 3 nitrogen and oxygen atoms in total. The highest BCUT2D eigenvalue weighted by Crippen LogP contribution is 2.35. The molecule has 3 atom stereocenters.